The van der Waals surface area contributed by atoms with Crippen molar-refractivity contribution in [2.75, 3.05) is 0 Å². The molecule has 3 unspecified atom stereocenters. The molecule has 4 heteroatoms. The van der Waals surface area contributed by atoms with Gasteiger partial charge in [-0.3, -0.25) is 9.98 Å². The number of aliphatic imine (C=N–C) groups is 2. The minimum absolute atomic E-state index is 0.0922. The van der Waals surface area contributed by atoms with Crippen LogP contribution in [0.25, 0.3) is 0 Å². The molecule has 2 saturated carbocycles. The average molecular weight is 559 g/mol. The van der Waals surface area contributed by atoms with Gasteiger partial charge in [0.15, 0.2) is 0 Å². The third-order valence-corrected chi connectivity index (χ3v) is 9.38. The minimum Gasteiger partial charge on any atom is -0.507 e. The fraction of sp³-hybridized carbons (Fsp3) is 0.622. The van der Waals surface area contributed by atoms with Crippen LogP contribution in [0.3, 0.4) is 0 Å². The van der Waals surface area contributed by atoms with Crippen molar-refractivity contribution in [3.8, 4) is 11.5 Å². The van der Waals surface area contributed by atoms with Crippen LogP contribution in [0.5, 0.6) is 11.5 Å². The first-order valence-corrected chi connectivity index (χ1v) is 16.2. The van der Waals surface area contributed by atoms with Gasteiger partial charge in [-0.2, -0.15) is 0 Å². The van der Waals surface area contributed by atoms with E-state index in [4.69, 9.17) is 9.98 Å². The maximum Gasteiger partial charge on any atom is 0.127 e. The molecule has 0 aromatic heterocycles. The Kier molecular flexibility index (Phi) is 10.0. The van der Waals surface area contributed by atoms with E-state index in [2.05, 4.69) is 79.7 Å². The third-order valence-electron chi connectivity index (χ3n) is 9.38. The molecular weight excluding hydrogens is 504 g/mol. The molecular formula is C37H54N2O2. The molecule has 2 fully saturated rings. The van der Waals surface area contributed by atoms with E-state index >= 15 is 0 Å². The summed E-state index contributed by atoms with van der Waals surface area (Å²) in [5, 5.41) is 22.3. The van der Waals surface area contributed by atoms with Gasteiger partial charge in [-0.05, 0) is 115 Å². The summed E-state index contributed by atoms with van der Waals surface area (Å²) in [4.78, 5) is 10.4. The van der Waals surface area contributed by atoms with Gasteiger partial charge in [0.2, 0.25) is 0 Å². The SMILES string of the molecule is CC(C)CCc1cc(C=NC2CC3CCC2(N=Cc2cc(CCC(C)C)cc(C(C)C)c2O)C3)c(O)c(C(C)C)c1. The van der Waals surface area contributed by atoms with Gasteiger partial charge in [0.25, 0.3) is 0 Å². The van der Waals surface area contributed by atoms with Crippen LogP contribution in [0.4, 0.5) is 0 Å². The average Bonchev–Trinajstić information content (AvgIpc) is 3.48. The third kappa shape index (κ3) is 7.43. The smallest absolute Gasteiger partial charge is 0.127 e. The number of aryl methyl sites for hydroxylation is 2. The van der Waals surface area contributed by atoms with Gasteiger partial charge >= 0.3 is 0 Å². The Hall–Kier alpha value is -2.62. The predicted octanol–water partition coefficient (Wildman–Crippen LogP) is 9.37. The Balaban J connectivity index is 1.63. The first kappa shape index (κ1) is 31.3. The van der Waals surface area contributed by atoms with Gasteiger partial charge in [-0.25, -0.2) is 0 Å². The summed E-state index contributed by atoms with van der Waals surface area (Å²) < 4.78 is 0. The number of phenolic OH excluding ortho intramolecular Hbond substituents is 2. The monoisotopic (exact) mass is 558 g/mol. The fourth-order valence-corrected chi connectivity index (χ4v) is 6.73. The van der Waals surface area contributed by atoms with Gasteiger partial charge in [-0.15, -0.1) is 0 Å². The quantitative estimate of drug-likeness (QED) is 0.255. The highest BCUT2D eigenvalue weighted by atomic mass is 16.3. The zero-order valence-electron chi connectivity index (χ0n) is 26.9. The lowest BCUT2D eigenvalue weighted by atomic mass is 9.88. The molecule has 2 aliphatic rings. The zero-order valence-corrected chi connectivity index (χ0v) is 26.9. The molecule has 0 saturated heterocycles. The molecule has 4 nitrogen and oxygen atoms in total. The highest BCUT2D eigenvalue weighted by Crippen LogP contribution is 2.52. The van der Waals surface area contributed by atoms with E-state index in [1.807, 2.05) is 12.4 Å². The molecule has 2 bridgehead atoms. The molecule has 2 aliphatic carbocycles. The van der Waals surface area contributed by atoms with E-state index in [1.54, 1.807) is 0 Å². The van der Waals surface area contributed by atoms with Crippen molar-refractivity contribution in [3.63, 3.8) is 0 Å². The lowest BCUT2D eigenvalue weighted by molar-refractivity contribution is 0.367. The molecule has 224 valence electrons. The van der Waals surface area contributed by atoms with Crippen LogP contribution in [0.1, 0.15) is 139 Å². The standard InChI is InChI=1S/C37H54N2O2/c1-23(2)9-11-27-15-30(35(40)32(17-27)25(5)6)21-38-34-19-29-13-14-37(34,20-29)39-22-31-16-28(12-10-24(3)4)18-33(26(7)8)36(31)41/h15-18,21-26,29,34,40-41H,9-14,19-20H2,1-8H3. The largest absolute Gasteiger partial charge is 0.507 e. The number of nitrogens with zero attached hydrogens (tertiary/aromatic N) is 2. The van der Waals surface area contributed by atoms with Crippen LogP contribution in [-0.4, -0.2) is 34.2 Å². The Labute approximate surface area is 249 Å². The molecule has 0 amide bonds. The van der Waals surface area contributed by atoms with Crippen LogP contribution in [-0.2, 0) is 12.8 Å². The number of rotatable bonds is 12. The maximum atomic E-state index is 11.2. The van der Waals surface area contributed by atoms with Crippen molar-refractivity contribution in [1.82, 2.24) is 0 Å². The Morgan fingerprint density at radius 2 is 1.29 bits per heavy atom. The number of aromatic hydroxyl groups is 2. The first-order valence-electron chi connectivity index (χ1n) is 16.2. The lowest BCUT2D eigenvalue weighted by Gasteiger charge is -2.29. The second kappa shape index (κ2) is 13.1. The van der Waals surface area contributed by atoms with Gasteiger partial charge in [-0.1, -0.05) is 67.5 Å². The van der Waals surface area contributed by atoms with Gasteiger partial charge in [0, 0.05) is 23.6 Å². The number of hydrogen-bond acceptors (Lipinski definition) is 4. The van der Waals surface area contributed by atoms with Gasteiger partial charge in [0.05, 0.1) is 11.6 Å². The number of phenols is 2. The van der Waals surface area contributed by atoms with E-state index in [9.17, 15) is 10.2 Å². The van der Waals surface area contributed by atoms with Crippen LogP contribution in [0, 0.1) is 17.8 Å². The van der Waals surface area contributed by atoms with Crippen molar-refractivity contribution in [2.45, 2.75) is 130 Å². The molecule has 0 heterocycles. The summed E-state index contributed by atoms with van der Waals surface area (Å²) in [6.45, 7) is 17.6. The van der Waals surface area contributed by atoms with Crippen molar-refractivity contribution in [2.24, 2.45) is 27.7 Å². The van der Waals surface area contributed by atoms with Crippen molar-refractivity contribution >= 4 is 12.4 Å². The van der Waals surface area contributed by atoms with E-state index in [-0.39, 0.29) is 23.4 Å². The second-order valence-electron chi connectivity index (χ2n) is 14.4. The highest BCUT2D eigenvalue weighted by molar-refractivity contribution is 5.86. The van der Waals surface area contributed by atoms with Crippen LogP contribution < -0.4 is 0 Å². The summed E-state index contributed by atoms with van der Waals surface area (Å²) in [6, 6.07) is 8.71. The zero-order chi connectivity index (χ0) is 29.9. The minimum atomic E-state index is -0.231. The van der Waals surface area contributed by atoms with E-state index in [1.165, 1.54) is 17.5 Å². The highest BCUT2D eigenvalue weighted by Gasteiger charge is 2.52. The maximum absolute atomic E-state index is 11.2. The summed E-state index contributed by atoms with van der Waals surface area (Å²) >= 11 is 0. The molecule has 41 heavy (non-hydrogen) atoms. The van der Waals surface area contributed by atoms with E-state index in [0.717, 1.165) is 67.2 Å². The summed E-state index contributed by atoms with van der Waals surface area (Å²) in [6.07, 6.45) is 12.4. The van der Waals surface area contributed by atoms with Crippen LogP contribution in [0.2, 0.25) is 0 Å². The Bertz CT molecular complexity index is 1260. The summed E-state index contributed by atoms with van der Waals surface area (Å²) in [7, 11) is 0. The number of fused-ring (bicyclic) bond motifs is 2. The normalized spacial score (nSPS) is 22.6. The van der Waals surface area contributed by atoms with Crippen molar-refractivity contribution in [1.29, 1.82) is 0 Å². The van der Waals surface area contributed by atoms with E-state index < -0.39 is 0 Å². The number of benzene rings is 2. The molecule has 2 aromatic rings. The molecule has 2 N–H and O–H groups in total. The predicted molar refractivity (Wildman–Crippen MR) is 174 cm³/mol. The number of hydrogen-bond donors (Lipinski definition) is 2. The molecule has 2 aromatic carbocycles. The molecule has 4 rings (SSSR count). The summed E-state index contributed by atoms with van der Waals surface area (Å²) in [5.74, 6) is 3.15. The summed E-state index contributed by atoms with van der Waals surface area (Å²) in [5.41, 5.74) is 5.99. The van der Waals surface area contributed by atoms with Gasteiger partial charge in [0.1, 0.15) is 11.5 Å². The van der Waals surface area contributed by atoms with Crippen LogP contribution in [0.15, 0.2) is 34.3 Å². The topological polar surface area (TPSA) is 65.2 Å². The Morgan fingerprint density at radius 3 is 1.76 bits per heavy atom. The lowest BCUT2D eigenvalue weighted by Crippen LogP contribution is -2.34. The first-order chi connectivity index (χ1) is 19.4. The van der Waals surface area contributed by atoms with Gasteiger partial charge < -0.3 is 10.2 Å². The molecule has 0 aliphatic heterocycles. The van der Waals surface area contributed by atoms with Crippen molar-refractivity contribution < 1.29 is 10.2 Å². The second-order valence-corrected chi connectivity index (χ2v) is 14.4. The Morgan fingerprint density at radius 1 is 0.780 bits per heavy atom. The van der Waals surface area contributed by atoms with Crippen LogP contribution >= 0.6 is 0 Å². The molecule has 0 spiro atoms. The van der Waals surface area contributed by atoms with Crippen molar-refractivity contribution in [3.05, 3.63) is 57.6 Å². The molecule has 0 radical (unpaired) electrons. The molecule has 3 atom stereocenters. The van der Waals surface area contributed by atoms with E-state index in [0.29, 0.717) is 29.3 Å². The fourth-order valence-electron chi connectivity index (χ4n) is 6.73.